The third kappa shape index (κ3) is 2.68. The first-order chi connectivity index (χ1) is 8.00. The van der Waals surface area contributed by atoms with Crippen molar-refractivity contribution < 1.29 is 4.39 Å². The van der Waals surface area contributed by atoms with Crippen LogP contribution >= 0.6 is 50.5 Å². The van der Waals surface area contributed by atoms with Crippen LogP contribution in [0.25, 0.3) is 0 Å². The lowest BCUT2D eigenvalue weighted by Gasteiger charge is -2.12. The molecule has 0 radical (unpaired) electrons. The molecule has 5 heteroatoms. The number of benzene rings is 1. The van der Waals surface area contributed by atoms with E-state index in [4.69, 9.17) is 23.2 Å². The molecule has 2 rings (SSSR count). The Morgan fingerprint density at radius 2 is 2.12 bits per heavy atom. The second-order valence-electron chi connectivity index (χ2n) is 3.62. The van der Waals surface area contributed by atoms with Crippen LogP contribution in [0, 0.1) is 12.7 Å². The zero-order valence-corrected chi connectivity index (χ0v) is 12.7. The highest BCUT2D eigenvalue weighted by atomic mass is 79.9. The van der Waals surface area contributed by atoms with Crippen LogP contribution in [0.2, 0.25) is 5.02 Å². The van der Waals surface area contributed by atoms with Crippen LogP contribution in [-0.2, 0) is 0 Å². The number of hydrogen-bond acceptors (Lipinski definition) is 1. The van der Waals surface area contributed by atoms with Gasteiger partial charge in [0.1, 0.15) is 5.82 Å². The van der Waals surface area contributed by atoms with Gasteiger partial charge in [-0.1, -0.05) is 11.6 Å². The van der Waals surface area contributed by atoms with E-state index in [9.17, 15) is 4.39 Å². The second kappa shape index (κ2) is 5.27. The van der Waals surface area contributed by atoms with E-state index in [2.05, 4.69) is 15.9 Å². The lowest BCUT2D eigenvalue weighted by atomic mass is 10.1. The van der Waals surface area contributed by atoms with Crippen molar-refractivity contribution in [3.05, 3.63) is 54.9 Å². The number of halogens is 4. The van der Waals surface area contributed by atoms with Crippen LogP contribution in [0.4, 0.5) is 4.39 Å². The first-order valence-electron chi connectivity index (χ1n) is 4.83. The molecule has 0 aliphatic rings. The summed E-state index contributed by atoms with van der Waals surface area (Å²) in [7, 11) is 0. The van der Waals surface area contributed by atoms with Gasteiger partial charge in [0.2, 0.25) is 0 Å². The highest BCUT2D eigenvalue weighted by molar-refractivity contribution is 9.10. The average Bonchev–Trinajstić information content (AvgIpc) is 2.69. The third-order valence-electron chi connectivity index (χ3n) is 2.43. The molecule has 1 aromatic carbocycles. The molecular weight excluding hydrogens is 346 g/mol. The normalized spacial score (nSPS) is 12.8. The van der Waals surface area contributed by atoms with Gasteiger partial charge in [-0.3, -0.25) is 0 Å². The molecule has 0 saturated heterocycles. The Morgan fingerprint density at radius 3 is 2.71 bits per heavy atom. The topological polar surface area (TPSA) is 0 Å². The molecule has 1 aromatic heterocycles. The molecule has 0 saturated carbocycles. The van der Waals surface area contributed by atoms with Crippen molar-refractivity contribution in [2.24, 2.45) is 0 Å². The lowest BCUT2D eigenvalue weighted by molar-refractivity contribution is 0.618. The van der Waals surface area contributed by atoms with Gasteiger partial charge in [-0.2, -0.15) is 0 Å². The quantitative estimate of drug-likeness (QED) is 0.586. The Bertz CT molecular complexity index is 553. The van der Waals surface area contributed by atoms with E-state index in [1.807, 2.05) is 11.4 Å². The van der Waals surface area contributed by atoms with Crippen molar-refractivity contribution in [3.63, 3.8) is 0 Å². The zero-order valence-electron chi connectivity index (χ0n) is 8.81. The van der Waals surface area contributed by atoms with Gasteiger partial charge >= 0.3 is 0 Å². The minimum absolute atomic E-state index is 0.312. The van der Waals surface area contributed by atoms with Crippen molar-refractivity contribution in [3.8, 4) is 0 Å². The van der Waals surface area contributed by atoms with Gasteiger partial charge in [0.05, 0.1) is 5.38 Å². The van der Waals surface area contributed by atoms with Crippen LogP contribution < -0.4 is 0 Å². The summed E-state index contributed by atoms with van der Waals surface area (Å²) in [5.74, 6) is -0.312. The Hall–Kier alpha value is -0.0900. The van der Waals surface area contributed by atoms with E-state index >= 15 is 0 Å². The molecule has 17 heavy (non-hydrogen) atoms. The van der Waals surface area contributed by atoms with Crippen LogP contribution in [0.5, 0.6) is 0 Å². The average molecular weight is 354 g/mol. The van der Waals surface area contributed by atoms with Crippen LogP contribution in [0.15, 0.2) is 28.1 Å². The van der Waals surface area contributed by atoms with Gasteiger partial charge in [-0.25, -0.2) is 4.39 Å². The van der Waals surface area contributed by atoms with Gasteiger partial charge in [0.15, 0.2) is 0 Å². The molecule has 0 aliphatic carbocycles. The first-order valence-corrected chi connectivity index (χ1v) is 7.32. The number of hydrogen-bond donors (Lipinski definition) is 0. The van der Waals surface area contributed by atoms with Crippen molar-refractivity contribution in [1.82, 2.24) is 0 Å². The highest BCUT2D eigenvalue weighted by Crippen LogP contribution is 2.40. The largest absolute Gasteiger partial charge is 0.207 e. The molecule has 1 unspecified atom stereocenters. The van der Waals surface area contributed by atoms with Gasteiger partial charge in [0, 0.05) is 14.4 Å². The smallest absolute Gasteiger partial charge is 0.127 e. The summed E-state index contributed by atoms with van der Waals surface area (Å²) in [5.41, 5.74) is 1.28. The van der Waals surface area contributed by atoms with Crippen molar-refractivity contribution >= 4 is 50.5 Å². The molecule has 1 atom stereocenters. The van der Waals surface area contributed by atoms with Crippen LogP contribution in [-0.4, -0.2) is 0 Å². The number of aryl methyl sites for hydroxylation is 1. The minimum atomic E-state index is -0.365. The Morgan fingerprint density at radius 1 is 1.41 bits per heavy atom. The fourth-order valence-corrected chi connectivity index (χ4v) is 4.00. The summed E-state index contributed by atoms with van der Waals surface area (Å²) < 4.78 is 14.3. The molecule has 0 fully saturated rings. The number of thiophene rings is 1. The Labute approximate surface area is 121 Å². The summed E-state index contributed by atoms with van der Waals surface area (Å²) in [6, 6.07) is 4.93. The fraction of sp³-hybridized carbons (Fsp3) is 0.167. The summed E-state index contributed by atoms with van der Waals surface area (Å²) in [6.07, 6.45) is 0. The summed E-state index contributed by atoms with van der Waals surface area (Å²) in [6.45, 7) is 1.70. The SMILES string of the molecule is Cc1cc(C(Cl)c2sccc2Br)c(Cl)cc1F. The monoisotopic (exact) mass is 352 g/mol. The first kappa shape index (κ1) is 13.3. The summed E-state index contributed by atoms with van der Waals surface area (Å²) in [4.78, 5) is 0.972. The molecule has 1 heterocycles. The van der Waals surface area contributed by atoms with E-state index in [0.29, 0.717) is 10.6 Å². The van der Waals surface area contributed by atoms with Crippen molar-refractivity contribution in [1.29, 1.82) is 0 Å². The zero-order chi connectivity index (χ0) is 12.6. The molecule has 0 N–H and O–H groups in total. The van der Waals surface area contributed by atoms with E-state index in [1.165, 1.54) is 6.07 Å². The lowest BCUT2D eigenvalue weighted by Crippen LogP contribution is -1.95. The predicted octanol–water partition coefficient (Wildman–Crippen LogP) is 5.94. The molecular formula is C12H8BrCl2FS. The fourth-order valence-electron chi connectivity index (χ4n) is 1.50. The van der Waals surface area contributed by atoms with Gasteiger partial charge in [-0.05, 0) is 57.6 Å². The maximum atomic E-state index is 13.3. The number of alkyl halides is 1. The molecule has 0 nitrogen and oxygen atoms in total. The third-order valence-corrected chi connectivity index (χ3v) is 5.27. The Balaban J connectivity index is 2.48. The molecule has 0 bridgehead atoms. The molecule has 90 valence electrons. The molecule has 0 spiro atoms. The summed E-state index contributed by atoms with van der Waals surface area (Å²) in [5, 5.41) is 1.93. The highest BCUT2D eigenvalue weighted by Gasteiger charge is 2.19. The van der Waals surface area contributed by atoms with E-state index < -0.39 is 0 Å². The molecule has 2 aromatic rings. The standard InChI is InChI=1S/C12H8BrCl2FS/c1-6-4-7(9(14)5-10(6)16)11(15)12-8(13)2-3-17-12/h2-5,11H,1H3. The van der Waals surface area contributed by atoms with E-state index in [-0.39, 0.29) is 11.2 Å². The van der Waals surface area contributed by atoms with Crippen LogP contribution in [0.3, 0.4) is 0 Å². The van der Waals surface area contributed by atoms with Crippen molar-refractivity contribution in [2.75, 3.05) is 0 Å². The second-order valence-corrected chi connectivity index (χ2v) is 6.26. The van der Waals surface area contributed by atoms with Crippen LogP contribution in [0.1, 0.15) is 21.4 Å². The van der Waals surface area contributed by atoms with Gasteiger partial charge in [0.25, 0.3) is 0 Å². The maximum absolute atomic E-state index is 13.3. The minimum Gasteiger partial charge on any atom is -0.207 e. The van der Waals surface area contributed by atoms with Gasteiger partial charge < -0.3 is 0 Å². The Kier molecular flexibility index (Phi) is 4.14. The summed E-state index contributed by atoms with van der Waals surface area (Å²) >= 11 is 17.4. The van der Waals surface area contributed by atoms with E-state index in [1.54, 1.807) is 24.3 Å². The number of rotatable bonds is 2. The van der Waals surface area contributed by atoms with Gasteiger partial charge in [-0.15, -0.1) is 22.9 Å². The van der Waals surface area contributed by atoms with E-state index in [0.717, 1.165) is 14.9 Å². The molecule has 0 amide bonds. The molecule has 0 aliphatic heterocycles. The maximum Gasteiger partial charge on any atom is 0.127 e. The predicted molar refractivity (Wildman–Crippen MR) is 75.9 cm³/mol. The van der Waals surface area contributed by atoms with Crippen molar-refractivity contribution in [2.45, 2.75) is 12.3 Å².